The number of carbonyl (C=O) groups excluding carboxylic acids is 2. The lowest BCUT2D eigenvalue weighted by atomic mass is 10.2. The van der Waals surface area contributed by atoms with Crippen LogP contribution in [0.25, 0.3) is 0 Å². The van der Waals surface area contributed by atoms with E-state index in [9.17, 15) is 22.8 Å². The lowest BCUT2D eigenvalue weighted by molar-refractivity contribution is -0.137. The summed E-state index contributed by atoms with van der Waals surface area (Å²) >= 11 is 6.05. The molecule has 0 spiro atoms. The molecule has 0 aromatic heterocycles. The van der Waals surface area contributed by atoms with Gasteiger partial charge in [0.2, 0.25) is 13.2 Å². The molecule has 10 heteroatoms. The zero-order valence-corrected chi connectivity index (χ0v) is 13.6. The summed E-state index contributed by atoms with van der Waals surface area (Å²) in [4.78, 5) is 24.3. The molecule has 0 radical (unpaired) electrons. The minimum atomic E-state index is -4.56. The molecule has 1 N–H and O–H groups in total. The largest absolute Gasteiger partial charge is 0.454 e. The molecule has 0 atom stereocenters. The van der Waals surface area contributed by atoms with Gasteiger partial charge in [0.05, 0.1) is 16.3 Å². The predicted molar refractivity (Wildman–Crippen MR) is 86.6 cm³/mol. The Morgan fingerprint density at radius 1 is 1.19 bits per heavy atom. The van der Waals surface area contributed by atoms with Crippen molar-refractivity contribution in [3.05, 3.63) is 47.0 Å². The molecule has 1 heterocycles. The van der Waals surface area contributed by atoms with Crippen molar-refractivity contribution in [1.82, 2.24) is 0 Å². The van der Waals surface area contributed by atoms with Crippen LogP contribution in [0.5, 0.6) is 11.5 Å². The van der Waals surface area contributed by atoms with Gasteiger partial charge in [0.25, 0.3) is 0 Å². The Bertz CT molecular complexity index is 873. The first-order valence-electron chi connectivity index (χ1n) is 7.11. The van der Waals surface area contributed by atoms with Gasteiger partial charge in [0, 0.05) is 17.8 Å². The molecular weight excluding hydrogens is 377 g/mol. The number of rotatable bonds is 3. The Morgan fingerprint density at radius 3 is 2.54 bits per heavy atom. The number of imide groups is 1. The number of alkyl halides is 3. The maximum atomic E-state index is 12.8. The zero-order valence-electron chi connectivity index (χ0n) is 12.8. The van der Waals surface area contributed by atoms with E-state index in [-0.39, 0.29) is 35.3 Å². The van der Waals surface area contributed by atoms with E-state index in [1.165, 1.54) is 18.2 Å². The van der Waals surface area contributed by atoms with Crippen molar-refractivity contribution in [1.29, 1.82) is 0 Å². The number of halogens is 4. The van der Waals surface area contributed by atoms with Crippen LogP contribution < -0.4 is 19.7 Å². The topological polar surface area (TPSA) is 67.9 Å². The van der Waals surface area contributed by atoms with Gasteiger partial charge in [-0.1, -0.05) is 17.7 Å². The van der Waals surface area contributed by atoms with Crippen LogP contribution in [-0.2, 0) is 11.0 Å². The first kappa shape index (κ1) is 17.9. The van der Waals surface area contributed by atoms with Crippen molar-refractivity contribution < 1.29 is 32.2 Å². The molecule has 3 amide bonds. The highest BCUT2D eigenvalue weighted by atomic mass is 35.5. The highest BCUT2D eigenvalue weighted by molar-refractivity contribution is 6.35. The molecule has 0 unspecified atom stereocenters. The number of fused-ring (bicyclic) bond motifs is 1. The molecule has 1 aliphatic rings. The van der Waals surface area contributed by atoms with E-state index in [0.717, 1.165) is 18.2 Å². The highest BCUT2D eigenvalue weighted by Gasteiger charge is 2.31. The summed E-state index contributed by atoms with van der Waals surface area (Å²) in [6, 6.07) is 5.72. The first-order chi connectivity index (χ1) is 12.3. The van der Waals surface area contributed by atoms with Crippen LogP contribution in [0.15, 0.2) is 36.4 Å². The van der Waals surface area contributed by atoms with Crippen LogP contribution in [0.1, 0.15) is 5.56 Å². The van der Waals surface area contributed by atoms with E-state index in [4.69, 9.17) is 21.1 Å². The van der Waals surface area contributed by atoms with Gasteiger partial charge in [0.1, 0.15) is 0 Å². The summed E-state index contributed by atoms with van der Waals surface area (Å²) < 4.78 is 48.5. The normalized spacial score (nSPS) is 12.6. The second-order valence-electron chi connectivity index (χ2n) is 5.14. The number of hydrogen-bond acceptors (Lipinski definition) is 4. The summed E-state index contributed by atoms with van der Waals surface area (Å²) in [7, 11) is 0. The third-order valence-corrected chi connectivity index (χ3v) is 3.77. The van der Waals surface area contributed by atoms with Gasteiger partial charge in [-0.05, 0) is 18.2 Å². The van der Waals surface area contributed by atoms with Crippen LogP contribution in [-0.4, -0.2) is 19.2 Å². The van der Waals surface area contributed by atoms with Crippen LogP contribution in [0.4, 0.5) is 29.3 Å². The van der Waals surface area contributed by atoms with Crippen molar-refractivity contribution in [2.75, 3.05) is 17.0 Å². The smallest absolute Gasteiger partial charge is 0.416 e. The minimum Gasteiger partial charge on any atom is -0.454 e. The summed E-state index contributed by atoms with van der Waals surface area (Å²) in [5, 5.41) is 2.25. The van der Waals surface area contributed by atoms with Gasteiger partial charge in [-0.3, -0.25) is 4.79 Å². The van der Waals surface area contributed by atoms with Gasteiger partial charge in [0.15, 0.2) is 11.5 Å². The van der Waals surface area contributed by atoms with Gasteiger partial charge < -0.3 is 14.8 Å². The Morgan fingerprint density at radius 2 is 1.88 bits per heavy atom. The summed E-state index contributed by atoms with van der Waals surface area (Å²) in [5.74, 6) is 0.631. The lowest BCUT2D eigenvalue weighted by Crippen LogP contribution is -2.34. The Hall–Kier alpha value is -2.94. The van der Waals surface area contributed by atoms with Crippen LogP contribution >= 0.6 is 11.6 Å². The molecule has 2 aromatic carbocycles. The SMILES string of the molecule is O=CN(C(=O)Nc1cccc(C(F)(F)F)c1)c1cc2c(cc1Cl)OCO2. The number of ether oxygens (including phenoxy) is 2. The fourth-order valence-electron chi connectivity index (χ4n) is 2.26. The predicted octanol–water partition coefficient (Wildman–Crippen LogP) is 4.28. The van der Waals surface area contributed by atoms with Gasteiger partial charge in [-0.15, -0.1) is 0 Å². The second-order valence-corrected chi connectivity index (χ2v) is 5.55. The maximum Gasteiger partial charge on any atom is 0.416 e. The van der Waals surface area contributed by atoms with E-state index >= 15 is 0 Å². The van der Waals surface area contributed by atoms with Crippen LogP contribution in [0.3, 0.4) is 0 Å². The van der Waals surface area contributed by atoms with Gasteiger partial charge in [-0.25, -0.2) is 9.69 Å². The molecule has 0 saturated carbocycles. The summed E-state index contributed by atoms with van der Waals surface area (Å²) in [6.45, 7) is -0.0351. The van der Waals surface area contributed by atoms with E-state index < -0.39 is 17.8 Å². The van der Waals surface area contributed by atoms with Crippen molar-refractivity contribution >= 4 is 35.4 Å². The number of benzene rings is 2. The van der Waals surface area contributed by atoms with Gasteiger partial charge in [-0.2, -0.15) is 13.2 Å². The number of carbonyl (C=O) groups is 2. The molecule has 0 fully saturated rings. The molecular formula is C16H10ClF3N2O4. The Kier molecular flexibility index (Phi) is 4.64. The fourth-order valence-corrected chi connectivity index (χ4v) is 2.51. The molecule has 1 aliphatic heterocycles. The third kappa shape index (κ3) is 3.52. The molecule has 0 aliphatic carbocycles. The molecule has 0 bridgehead atoms. The van der Waals surface area contributed by atoms with Crippen molar-refractivity contribution in [3.8, 4) is 11.5 Å². The standard InChI is InChI=1S/C16H10ClF3N2O4/c17-11-5-13-14(26-8-25-13)6-12(11)22(7-23)15(24)21-10-3-1-2-9(4-10)16(18,19)20/h1-7H,8H2,(H,21,24). The number of hydrogen-bond donors (Lipinski definition) is 1. The molecule has 2 aromatic rings. The average molecular weight is 387 g/mol. The van der Waals surface area contributed by atoms with Crippen LogP contribution in [0.2, 0.25) is 5.02 Å². The zero-order chi connectivity index (χ0) is 18.9. The van der Waals surface area contributed by atoms with Gasteiger partial charge >= 0.3 is 12.2 Å². The van der Waals surface area contributed by atoms with E-state index in [0.29, 0.717) is 10.6 Å². The van der Waals surface area contributed by atoms with E-state index in [1.807, 2.05) is 0 Å². The van der Waals surface area contributed by atoms with Crippen molar-refractivity contribution in [2.45, 2.75) is 6.18 Å². The maximum absolute atomic E-state index is 12.8. The molecule has 136 valence electrons. The highest BCUT2D eigenvalue weighted by Crippen LogP contribution is 2.40. The number of anilines is 2. The lowest BCUT2D eigenvalue weighted by Gasteiger charge is -2.18. The van der Waals surface area contributed by atoms with Crippen LogP contribution in [0, 0.1) is 0 Å². The Balaban J connectivity index is 1.86. The van der Waals surface area contributed by atoms with Crippen molar-refractivity contribution in [2.24, 2.45) is 0 Å². The first-order valence-corrected chi connectivity index (χ1v) is 7.49. The second kappa shape index (κ2) is 6.75. The third-order valence-electron chi connectivity index (χ3n) is 3.47. The summed E-state index contributed by atoms with van der Waals surface area (Å²) in [5.41, 5.74) is -1.07. The number of amides is 3. The monoisotopic (exact) mass is 386 g/mol. The summed E-state index contributed by atoms with van der Waals surface area (Å²) in [6.07, 6.45) is -4.38. The minimum absolute atomic E-state index is 0.00427. The van der Waals surface area contributed by atoms with E-state index in [1.54, 1.807) is 0 Å². The number of nitrogens with one attached hydrogen (secondary N) is 1. The molecule has 3 rings (SSSR count). The van der Waals surface area contributed by atoms with Crippen molar-refractivity contribution in [3.63, 3.8) is 0 Å². The quantitative estimate of drug-likeness (QED) is 0.799. The average Bonchev–Trinajstić information content (AvgIpc) is 3.02. The molecule has 0 saturated heterocycles. The van der Waals surface area contributed by atoms with E-state index in [2.05, 4.69) is 5.32 Å². The number of urea groups is 1. The Labute approximate surface area is 150 Å². The number of nitrogens with zero attached hydrogens (tertiary/aromatic N) is 1. The molecule has 26 heavy (non-hydrogen) atoms. The fraction of sp³-hybridized carbons (Fsp3) is 0.125. The molecule has 6 nitrogen and oxygen atoms in total.